The van der Waals surface area contributed by atoms with E-state index in [1.165, 1.54) is 0 Å². The van der Waals surface area contributed by atoms with Crippen LogP contribution in [0.1, 0.15) is 0 Å². The van der Waals surface area contributed by atoms with Crippen molar-refractivity contribution in [3.63, 3.8) is 0 Å². The van der Waals surface area contributed by atoms with Crippen molar-refractivity contribution in [2.75, 3.05) is 0 Å². The molecule has 0 N–H and O–H groups in total. The molecule has 0 unspecified atom stereocenters. The van der Waals surface area contributed by atoms with Crippen LogP contribution in [0.15, 0.2) is 61.2 Å². The second-order valence-electron chi connectivity index (χ2n) is 6.12. The van der Waals surface area contributed by atoms with E-state index in [1.54, 1.807) is 70.1 Å². The zero-order chi connectivity index (χ0) is 19.9. The van der Waals surface area contributed by atoms with Crippen molar-refractivity contribution in [1.29, 1.82) is 0 Å². The first-order valence-corrected chi connectivity index (χ1v) is 12.1. The van der Waals surface area contributed by atoms with Gasteiger partial charge < -0.3 is 0 Å². The lowest BCUT2D eigenvalue weighted by atomic mass is 10.4. The molecule has 0 aliphatic carbocycles. The van der Waals surface area contributed by atoms with Crippen LogP contribution in [0.3, 0.4) is 0 Å². The van der Waals surface area contributed by atoms with Crippen LogP contribution >= 0.6 is 45.3 Å². The molecule has 0 radical (unpaired) electrons. The van der Waals surface area contributed by atoms with Gasteiger partial charge in [0.25, 0.3) is 0 Å². The third-order valence-corrected chi connectivity index (χ3v) is 8.71. The fraction of sp³-hybridized carbons (Fsp3) is 0. The minimum atomic E-state index is 0.739. The molecule has 0 saturated heterocycles. The van der Waals surface area contributed by atoms with Gasteiger partial charge in [-0.3, -0.25) is 0 Å². The van der Waals surface area contributed by atoms with Crippen molar-refractivity contribution < 1.29 is 0 Å². The van der Waals surface area contributed by atoms with E-state index in [9.17, 15) is 0 Å². The molecule has 6 aromatic rings. The number of nitrogens with zero attached hydrogens (tertiary/aromatic N) is 6. The third-order valence-electron chi connectivity index (χ3n) is 4.18. The molecule has 10 heteroatoms. The first kappa shape index (κ1) is 17.9. The van der Waals surface area contributed by atoms with E-state index in [4.69, 9.17) is 9.97 Å². The summed E-state index contributed by atoms with van der Waals surface area (Å²) in [6.07, 6.45) is 7.03. The molecule has 0 fully saturated rings. The molecule has 0 bridgehead atoms. The van der Waals surface area contributed by atoms with Gasteiger partial charge in [-0.25, -0.2) is 29.9 Å². The van der Waals surface area contributed by atoms with Crippen molar-refractivity contribution in [2.24, 2.45) is 0 Å². The molecule has 0 spiro atoms. The highest BCUT2D eigenvalue weighted by atomic mass is 32.1. The Morgan fingerprint density at radius 3 is 1.30 bits per heavy atom. The van der Waals surface area contributed by atoms with E-state index < -0.39 is 0 Å². The Morgan fingerprint density at radius 2 is 0.867 bits per heavy atom. The highest BCUT2D eigenvalue weighted by Crippen LogP contribution is 2.42. The predicted molar refractivity (Wildman–Crippen MR) is 124 cm³/mol. The summed E-state index contributed by atoms with van der Waals surface area (Å²) in [7, 11) is 0. The van der Waals surface area contributed by atoms with Gasteiger partial charge in [0, 0.05) is 24.8 Å². The van der Waals surface area contributed by atoms with Gasteiger partial charge in [-0.2, -0.15) is 0 Å². The van der Waals surface area contributed by atoms with Gasteiger partial charge in [-0.05, 0) is 36.4 Å². The molecule has 6 rings (SSSR count). The Labute approximate surface area is 186 Å². The highest BCUT2D eigenvalue weighted by molar-refractivity contribution is 7.32. The molecule has 0 atom stereocenters. The van der Waals surface area contributed by atoms with E-state index in [2.05, 4.69) is 32.1 Å². The zero-order valence-electron chi connectivity index (χ0n) is 15.1. The Hall–Kier alpha value is -2.92. The van der Waals surface area contributed by atoms with Gasteiger partial charge in [0.2, 0.25) is 0 Å². The molecule has 0 amide bonds. The van der Waals surface area contributed by atoms with Crippen molar-refractivity contribution in [3.8, 4) is 41.2 Å². The maximum atomic E-state index is 4.83. The topological polar surface area (TPSA) is 77.3 Å². The minimum absolute atomic E-state index is 0.739. The van der Waals surface area contributed by atoms with E-state index in [0.29, 0.717) is 0 Å². The van der Waals surface area contributed by atoms with E-state index in [-0.39, 0.29) is 0 Å². The average molecular weight is 463 g/mol. The summed E-state index contributed by atoms with van der Waals surface area (Å²) in [5.41, 5.74) is 0. The second kappa shape index (κ2) is 7.40. The van der Waals surface area contributed by atoms with Crippen LogP contribution in [0.25, 0.3) is 50.8 Å². The first-order valence-electron chi connectivity index (χ1n) is 8.86. The van der Waals surface area contributed by atoms with Gasteiger partial charge in [0.05, 0.1) is 19.5 Å². The monoisotopic (exact) mass is 462 g/mol. The molecular formula is C20H10N6S4. The summed E-state index contributed by atoms with van der Waals surface area (Å²) in [4.78, 5) is 33.1. The summed E-state index contributed by atoms with van der Waals surface area (Å²) in [5, 5.41) is 1.96. The second-order valence-corrected chi connectivity index (χ2v) is 10.2. The molecule has 0 aliphatic rings. The van der Waals surface area contributed by atoms with Gasteiger partial charge in [-0.15, -0.1) is 22.7 Å². The summed E-state index contributed by atoms with van der Waals surface area (Å²) >= 11 is 6.52. The largest absolute Gasteiger partial charge is 0.236 e. The molecule has 0 aromatic carbocycles. The molecule has 0 aliphatic heterocycles. The van der Waals surface area contributed by atoms with E-state index in [0.717, 1.165) is 50.8 Å². The van der Waals surface area contributed by atoms with Crippen molar-refractivity contribution in [3.05, 3.63) is 61.2 Å². The molecular weight excluding hydrogens is 453 g/mol. The zero-order valence-corrected chi connectivity index (χ0v) is 18.4. The highest BCUT2D eigenvalue weighted by Gasteiger charge is 2.16. The summed E-state index contributed by atoms with van der Waals surface area (Å²) < 4.78 is 0. The SMILES string of the molecule is c1cnc(-c2ccc(-c3nc4sc(-c5ccc(-c6ncccn6)s5)nc4s3)s2)nc1. The van der Waals surface area contributed by atoms with Crippen LogP contribution in [-0.2, 0) is 0 Å². The van der Waals surface area contributed by atoms with Crippen molar-refractivity contribution in [1.82, 2.24) is 29.9 Å². The Kier molecular flexibility index (Phi) is 4.42. The molecule has 6 nitrogen and oxygen atoms in total. The van der Waals surface area contributed by atoms with Crippen LogP contribution in [0, 0.1) is 0 Å². The summed E-state index contributed by atoms with van der Waals surface area (Å²) in [5.74, 6) is 1.48. The van der Waals surface area contributed by atoms with E-state index >= 15 is 0 Å². The van der Waals surface area contributed by atoms with Crippen LogP contribution < -0.4 is 0 Å². The molecule has 0 saturated carbocycles. The van der Waals surface area contributed by atoms with Crippen LogP contribution in [0.4, 0.5) is 0 Å². The number of fused-ring (bicyclic) bond motifs is 1. The fourth-order valence-electron chi connectivity index (χ4n) is 2.85. The normalized spacial score (nSPS) is 11.3. The van der Waals surface area contributed by atoms with Crippen molar-refractivity contribution >= 4 is 55.0 Å². The maximum absolute atomic E-state index is 4.83. The summed E-state index contributed by atoms with van der Waals surface area (Å²) in [6, 6.07) is 11.9. The number of hydrogen-bond acceptors (Lipinski definition) is 10. The molecule has 30 heavy (non-hydrogen) atoms. The van der Waals surface area contributed by atoms with Crippen molar-refractivity contribution in [2.45, 2.75) is 0 Å². The van der Waals surface area contributed by atoms with Gasteiger partial charge in [-0.1, -0.05) is 22.7 Å². The fourth-order valence-corrected chi connectivity index (χ4v) is 6.91. The molecule has 144 valence electrons. The standard InChI is InChI=1S/C20H10N6S4/c1-7-21-15(22-8-1)11-3-5-13(27-11)17-25-19-20(29-17)26-18(30-19)14-6-4-12(28-14)16-23-9-2-10-24-16/h1-10H. The van der Waals surface area contributed by atoms with Crippen LogP contribution in [-0.4, -0.2) is 29.9 Å². The number of thiazole rings is 2. The predicted octanol–water partition coefficient (Wildman–Crippen LogP) is 6.12. The third kappa shape index (κ3) is 3.23. The number of thiophene rings is 2. The number of rotatable bonds is 4. The minimum Gasteiger partial charge on any atom is -0.236 e. The van der Waals surface area contributed by atoms with Gasteiger partial charge in [0.1, 0.15) is 10.0 Å². The average Bonchev–Trinajstić information content (AvgIpc) is 3.57. The maximum Gasteiger partial charge on any atom is 0.169 e. The molecule has 6 heterocycles. The lowest BCUT2D eigenvalue weighted by Gasteiger charge is -1.93. The van der Waals surface area contributed by atoms with Gasteiger partial charge in [0.15, 0.2) is 21.3 Å². The van der Waals surface area contributed by atoms with E-state index in [1.807, 2.05) is 24.3 Å². The lowest BCUT2D eigenvalue weighted by Crippen LogP contribution is -1.81. The summed E-state index contributed by atoms with van der Waals surface area (Å²) in [6.45, 7) is 0. The number of aromatic nitrogens is 6. The Morgan fingerprint density at radius 1 is 0.467 bits per heavy atom. The van der Waals surface area contributed by atoms with Gasteiger partial charge >= 0.3 is 0 Å². The number of hydrogen-bond donors (Lipinski definition) is 0. The smallest absolute Gasteiger partial charge is 0.169 e. The first-order chi connectivity index (χ1) is 14.8. The Balaban J connectivity index is 1.30. The van der Waals surface area contributed by atoms with Crippen LogP contribution in [0.5, 0.6) is 0 Å². The molecule has 6 aromatic heterocycles. The lowest BCUT2D eigenvalue weighted by molar-refractivity contribution is 1.19. The Bertz CT molecular complexity index is 1310. The quantitative estimate of drug-likeness (QED) is 0.314. The van der Waals surface area contributed by atoms with Crippen LogP contribution in [0.2, 0.25) is 0 Å².